The molecule has 7 heteroatoms. The number of aromatic amines is 1. The van der Waals surface area contributed by atoms with Crippen molar-refractivity contribution in [2.24, 2.45) is 0 Å². The Bertz CT molecular complexity index is 557. The summed E-state index contributed by atoms with van der Waals surface area (Å²) in [5.41, 5.74) is 7.43. The number of amides is 1. The van der Waals surface area contributed by atoms with Crippen LogP contribution in [0, 0.1) is 0 Å². The van der Waals surface area contributed by atoms with Crippen LogP contribution in [0.4, 0.5) is 5.69 Å². The highest BCUT2D eigenvalue weighted by atomic mass is 16.1. The molecule has 2 rings (SSSR count). The number of anilines is 1. The van der Waals surface area contributed by atoms with Crippen molar-refractivity contribution >= 4 is 11.6 Å². The van der Waals surface area contributed by atoms with E-state index in [4.69, 9.17) is 5.73 Å². The number of imidazole rings is 1. The molecule has 0 aliphatic carbocycles. The molecule has 0 bridgehead atoms. The maximum atomic E-state index is 12.0. The Balaban J connectivity index is 1.83. The van der Waals surface area contributed by atoms with Gasteiger partial charge in [-0.25, -0.2) is 4.98 Å². The van der Waals surface area contributed by atoms with E-state index in [9.17, 15) is 4.79 Å². The molecule has 0 atom stereocenters. The number of nitrogens with two attached hydrogens (primary N) is 1. The number of nitrogens with one attached hydrogen (secondary N) is 2. The molecule has 2 heterocycles. The third kappa shape index (κ3) is 3.17. The number of hydrogen-bond acceptors (Lipinski definition) is 4. The van der Waals surface area contributed by atoms with E-state index in [1.807, 2.05) is 24.6 Å². The Morgan fingerprint density at radius 2 is 2.35 bits per heavy atom. The topological polar surface area (TPSA) is 102 Å². The number of aryl methyl sites for hydroxylation is 1. The summed E-state index contributed by atoms with van der Waals surface area (Å²) in [5, 5.41) is 9.63. The van der Waals surface area contributed by atoms with Crippen LogP contribution in [0.5, 0.6) is 0 Å². The second-order valence-electron chi connectivity index (χ2n) is 4.96. The molecule has 0 aromatic carbocycles. The van der Waals surface area contributed by atoms with E-state index in [1.54, 1.807) is 12.5 Å². The standard InChI is InChI=1S/C13H20N6O/c1-9(2)11-10(14)12(18-17-11)13(20)16-4-3-6-19-7-5-15-8-19/h5,7-9H,3-4,6,14H2,1-2H3,(H,16,20)(H,17,18). The van der Waals surface area contributed by atoms with Crippen LogP contribution in [0.3, 0.4) is 0 Å². The molecule has 7 nitrogen and oxygen atoms in total. The first kappa shape index (κ1) is 14.1. The lowest BCUT2D eigenvalue weighted by Gasteiger charge is -2.05. The average Bonchev–Trinajstić information content (AvgIpc) is 3.03. The number of nitrogens with zero attached hydrogens (tertiary/aromatic N) is 3. The fourth-order valence-corrected chi connectivity index (χ4v) is 1.94. The summed E-state index contributed by atoms with van der Waals surface area (Å²) in [6, 6.07) is 0. The lowest BCUT2D eigenvalue weighted by atomic mass is 10.1. The Morgan fingerprint density at radius 3 is 2.95 bits per heavy atom. The van der Waals surface area contributed by atoms with Crippen LogP contribution in [0.15, 0.2) is 18.7 Å². The number of H-pyrrole nitrogens is 1. The zero-order valence-corrected chi connectivity index (χ0v) is 11.8. The van der Waals surface area contributed by atoms with E-state index in [0.29, 0.717) is 12.2 Å². The minimum Gasteiger partial charge on any atom is -0.395 e. The maximum absolute atomic E-state index is 12.0. The van der Waals surface area contributed by atoms with Gasteiger partial charge in [-0.2, -0.15) is 5.10 Å². The third-order valence-corrected chi connectivity index (χ3v) is 3.06. The zero-order chi connectivity index (χ0) is 14.5. The number of carbonyl (C=O) groups excluding carboxylic acids is 1. The van der Waals surface area contributed by atoms with Crippen LogP contribution in [-0.2, 0) is 6.54 Å². The van der Waals surface area contributed by atoms with Crippen molar-refractivity contribution in [2.75, 3.05) is 12.3 Å². The van der Waals surface area contributed by atoms with Gasteiger partial charge in [0, 0.05) is 25.5 Å². The van der Waals surface area contributed by atoms with E-state index >= 15 is 0 Å². The van der Waals surface area contributed by atoms with Gasteiger partial charge < -0.3 is 15.6 Å². The smallest absolute Gasteiger partial charge is 0.273 e. The van der Waals surface area contributed by atoms with Gasteiger partial charge in [0.25, 0.3) is 5.91 Å². The molecule has 108 valence electrons. The van der Waals surface area contributed by atoms with Gasteiger partial charge in [0.1, 0.15) is 0 Å². The number of carbonyl (C=O) groups is 1. The van der Waals surface area contributed by atoms with Crippen molar-refractivity contribution in [1.82, 2.24) is 25.1 Å². The van der Waals surface area contributed by atoms with E-state index < -0.39 is 0 Å². The molecule has 0 saturated carbocycles. The Labute approximate surface area is 117 Å². The number of rotatable bonds is 6. The summed E-state index contributed by atoms with van der Waals surface area (Å²) in [5.74, 6) is -0.0263. The highest BCUT2D eigenvalue weighted by molar-refractivity contribution is 5.97. The van der Waals surface area contributed by atoms with Crippen molar-refractivity contribution < 1.29 is 4.79 Å². The molecule has 0 spiro atoms. The lowest BCUT2D eigenvalue weighted by Crippen LogP contribution is -2.26. The Kier molecular flexibility index (Phi) is 4.39. The van der Waals surface area contributed by atoms with Gasteiger partial charge >= 0.3 is 0 Å². The zero-order valence-electron chi connectivity index (χ0n) is 11.8. The van der Waals surface area contributed by atoms with Gasteiger partial charge in [-0.05, 0) is 12.3 Å². The van der Waals surface area contributed by atoms with Gasteiger partial charge in [0.05, 0.1) is 17.7 Å². The fourth-order valence-electron chi connectivity index (χ4n) is 1.94. The molecular formula is C13H20N6O. The maximum Gasteiger partial charge on any atom is 0.273 e. The molecule has 4 N–H and O–H groups in total. The molecule has 2 aromatic heterocycles. The van der Waals surface area contributed by atoms with Gasteiger partial charge in [-0.1, -0.05) is 13.8 Å². The summed E-state index contributed by atoms with van der Waals surface area (Å²) < 4.78 is 1.96. The van der Waals surface area contributed by atoms with Crippen LogP contribution in [0.25, 0.3) is 0 Å². The molecule has 0 fully saturated rings. The monoisotopic (exact) mass is 276 g/mol. The molecule has 0 unspecified atom stereocenters. The molecule has 20 heavy (non-hydrogen) atoms. The SMILES string of the molecule is CC(C)c1[nH]nc(C(=O)NCCCn2ccnc2)c1N. The quantitative estimate of drug-likeness (QED) is 0.688. The second kappa shape index (κ2) is 6.23. The first-order chi connectivity index (χ1) is 9.59. The van der Waals surface area contributed by atoms with Crippen LogP contribution < -0.4 is 11.1 Å². The lowest BCUT2D eigenvalue weighted by molar-refractivity contribution is 0.0948. The van der Waals surface area contributed by atoms with Crippen molar-refractivity contribution in [3.63, 3.8) is 0 Å². The summed E-state index contributed by atoms with van der Waals surface area (Å²) in [4.78, 5) is 15.9. The van der Waals surface area contributed by atoms with Crippen LogP contribution in [0.1, 0.15) is 42.4 Å². The van der Waals surface area contributed by atoms with E-state index in [0.717, 1.165) is 18.7 Å². The third-order valence-electron chi connectivity index (χ3n) is 3.06. The number of hydrogen-bond donors (Lipinski definition) is 3. The van der Waals surface area contributed by atoms with E-state index in [1.165, 1.54) is 0 Å². The van der Waals surface area contributed by atoms with Crippen LogP contribution in [-0.4, -0.2) is 32.2 Å². The Hall–Kier alpha value is -2.31. The average molecular weight is 276 g/mol. The normalized spacial score (nSPS) is 10.9. The van der Waals surface area contributed by atoms with Crippen LogP contribution >= 0.6 is 0 Å². The number of nitrogen functional groups attached to an aromatic ring is 1. The van der Waals surface area contributed by atoms with Gasteiger partial charge in [-0.3, -0.25) is 9.89 Å². The highest BCUT2D eigenvalue weighted by Gasteiger charge is 2.18. The first-order valence-electron chi connectivity index (χ1n) is 6.67. The molecule has 0 aliphatic rings. The van der Waals surface area contributed by atoms with Crippen molar-refractivity contribution in [1.29, 1.82) is 0 Å². The second-order valence-corrected chi connectivity index (χ2v) is 4.96. The van der Waals surface area contributed by atoms with Crippen LogP contribution in [0.2, 0.25) is 0 Å². The first-order valence-corrected chi connectivity index (χ1v) is 6.67. The summed E-state index contributed by atoms with van der Waals surface area (Å²) in [7, 11) is 0. The Morgan fingerprint density at radius 1 is 1.55 bits per heavy atom. The summed E-state index contributed by atoms with van der Waals surface area (Å²) in [6.07, 6.45) is 6.20. The molecular weight excluding hydrogens is 256 g/mol. The molecule has 1 amide bonds. The molecule has 0 saturated heterocycles. The predicted molar refractivity (Wildman–Crippen MR) is 76.3 cm³/mol. The van der Waals surface area contributed by atoms with E-state index in [-0.39, 0.29) is 17.5 Å². The van der Waals surface area contributed by atoms with Crippen molar-refractivity contribution in [2.45, 2.75) is 32.7 Å². The van der Waals surface area contributed by atoms with Crippen molar-refractivity contribution in [3.8, 4) is 0 Å². The minimum absolute atomic E-state index is 0.213. The number of aromatic nitrogens is 4. The van der Waals surface area contributed by atoms with Gasteiger partial charge in [0.2, 0.25) is 0 Å². The van der Waals surface area contributed by atoms with Crippen molar-refractivity contribution in [3.05, 3.63) is 30.1 Å². The highest BCUT2D eigenvalue weighted by Crippen LogP contribution is 2.21. The molecule has 0 aliphatic heterocycles. The van der Waals surface area contributed by atoms with Gasteiger partial charge in [-0.15, -0.1) is 0 Å². The minimum atomic E-state index is -0.240. The fraction of sp³-hybridized carbons (Fsp3) is 0.462. The largest absolute Gasteiger partial charge is 0.395 e. The summed E-state index contributed by atoms with van der Waals surface area (Å²) >= 11 is 0. The predicted octanol–water partition coefficient (Wildman–Crippen LogP) is 1.13. The van der Waals surface area contributed by atoms with E-state index in [2.05, 4.69) is 20.5 Å². The molecule has 0 radical (unpaired) electrons. The summed E-state index contributed by atoms with van der Waals surface area (Å²) in [6.45, 7) is 5.38. The van der Waals surface area contributed by atoms with Gasteiger partial charge in [0.15, 0.2) is 5.69 Å². The molecule has 2 aromatic rings.